The van der Waals surface area contributed by atoms with Gasteiger partial charge in [-0.3, -0.25) is 4.99 Å². The molecule has 94 valence electrons. The number of nitrogens with zero attached hydrogens (tertiary/aromatic N) is 2. The number of benzene rings is 1. The molecule has 1 aromatic carbocycles. The van der Waals surface area contributed by atoms with E-state index in [0.29, 0.717) is 16.7 Å². The Kier molecular flexibility index (Phi) is 3.93. The molecule has 1 aliphatic heterocycles. The van der Waals surface area contributed by atoms with Gasteiger partial charge in [0.2, 0.25) is 0 Å². The second-order valence-corrected chi connectivity index (χ2v) is 6.04. The van der Waals surface area contributed by atoms with E-state index in [4.69, 9.17) is 5.26 Å². The molecule has 0 aromatic heterocycles. The number of amidine groups is 1. The zero-order valence-corrected chi connectivity index (χ0v) is 11.7. The highest BCUT2D eigenvalue weighted by atomic mass is 32.2. The van der Waals surface area contributed by atoms with Crippen LogP contribution in [0.2, 0.25) is 0 Å². The van der Waals surface area contributed by atoms with E-state index >= 15 is 0 Å². The molecule has 0 bridgehead atoms. The minimum atomic E-state index is 0.562. The molecule has 1 unspecified atom stereocenters. The fourth-order valence-corrected chi connectivity index (χ4v) is 2.77. The molecule has 0 aliphatic carbocycles. The van der Waals surface area contributed by atoms with Gasteiger partial charge in [-0.1, -0.05) is 31.7 Å². The zero-order chi connectivity index (χ0) is 13.1. The van der Waals surface area contributed by atoms with Crippen LogP contribution in [0.5, 0.6) is 0 Å². The number of thioether (sulfide) groups is 1. The van der Waals surface area contributed by atoms with Crippen LogP contribution in [0.15, 0.2) is 23.2 Å². The quantitative estimate of drug-likeness (QED) is 0.885. The van der Waals surface area contributed by atoms with Crippen molar-refractivity contribution in [2.45, 2.75) is 26.0 Å². The summed E-state index contributed by atoms with van der Waals surface area (Å²) in [6.45, 7) is 7.35. The molecule has 3 nitrogen and oxygen atoms in total. The summed E-state index contributed by atoms with van der Waals surface area (Å²) in [6.07, 6.45) is 0. The second kappa shape index (κ2) is 5.45. The summed E-state index contributed by atoms with van der Waals surface area (Å²) in [6, 6.07) is 7.83. The molecule has 2 rings (SSSR count). The van der Waals surface area contributed by atoms with Crippen LogP contribution in [-0.2, 0) is 0 Å². The molecule has 0 radical (unpaired) electrons. The Morgan fingerprint density at radius 2 is 2.28 bits per heavy atom. The molecule has 0 spiro atoms. The maximum absolute atomic E-state index is 8.92. The minimum absolute atomic E-state index is 0.562. The number of hydrogen-bond acceptors (Lipinski definition) is 4. The average Bonchev–Trinajstić information content (AvgIpc) is 2.81. The molecule has 18 heavy (non-hydrogen) atoms. The normalized spacial score (nSPS) is 18.6. The SMILES string of the molecule is Cc1ccc(C#N)cc1NC1=NCC(C(C)C)S1. The first-order valence-corrected chi connectivity index (χ1v) is 6.97. The van der Waals surface area contributed by atoms with E-state index in [1.807, 2.05) is 25.1 Å². The topological polar surface area (TPSA) is 48.2 Å². The molecule has 1 aromatic rings. The highest BCUT2D eigenvalue weighted by Crippen LogP contribution is 2.28. The number of rotatable bonds is 2. The molecule has 0 fully saturated rings. The Balaban J connectivity index is 2.09. The molecular formula is C14H17N3S. The van der Waals surface area contributed by atoms with E-state index in [1.165, 1.54) is 0 Å². The highest BCUT2D eigenvalue weighted by Gasteiger charge is 2.22. The van der Waals surface area contributed by atoms with E-state index in [2.05, 4.69) is 30.2 Å². The van der Waals surface area contributed by atoms with Gasteiger partial charge in [0.05, 0.1) is 18.2 Å². The van der Waals surface area contributed by atoms with Crippen molar-refractivity contribution in [1.82, 2.24) is 0 Å². The van der Waals surface area contributed by atoms with Crippen LogP contribution in [0.4, 0.5) is 5.69 Å². The zero-order valence-electron chi connectivity index (χ0n) is 10.9. The van der Waals surface area contributed by atoms with Crippen LogP contribution in [0.25, 0.3) is 0 Å². The lowest BCUT2D eigenvalue weighted by molar-refractivity contribution is 0.621. The number of nitriles is 1. The van der Waals surface area contributed by atoms with Crippen molar-refractivity contribution in [1.29, 1.82) is 5.26 Å². The number of aryl methyl sites for hydroxylation is 1. The van der Waals surface area contributed by atoms with Crippen molar-refractivity contribution in [3.8, 4) is 6.07 Å². The summed E-state index contributed by atoms with van der Waals surface area (Å²) in [5.74, 6) is 0.629. The Labute approximate surface area is 112 Å². The van der Waals surface area contributed by atoms with Crippen molar-refractivity contribution in [3.63, 3.8) is 0 Å². The van der Waals surface area contributed by atoms with E-state index in [0.717, 1.165) is 23.0 Å². The van der Waals surface area contributed by atoms with Gasteiger partial charge in [-0.25, -0.2) is 0 Å². The van der Waals surface area contributed by atoms with Gasteiger partial charge in [0.25, 0.3) is 0 Å². The number of hydrogen-bond donors (Lipinski definition) is 1. The summed E-state index contributed by atoms with van der Waals surface area (Å²) in [5, 5.41) is 13.8. The van der Waals surface area contributed by atoms with Crippen LogP contribution in [0.1, 0.15) is 25.0 Å². The summed E-state index contributed by atoms with van der Waals surface area (Å²) >= 11 is 1.79. The lowest BCUT2D eigenvalue weighted by Gasteiger charge is -2.13. The number of anilines is 1. The first kappa shape index (κ1) is 13.0. The van der Waals surface area contributed by atoms with Gasteiger partial charge in [-0.2, -0.15) is 5.26 Å². The number of aliphatic imine (C=N–C) groups is 1. The van der Waals surface area contributed by atoms with Crippen molar-refractivity contribution >= 4 is 22.6 Å². The van der Waals surface area contributed by atoms with E-state index in [-0.39, 0.29) is 0 Å². The van der Waals surface area contributed by atoms with Gasteiger partial charge in [-0.05, 0) is 30.5 Å². The Morgan fingerprint density at radius 1 is 1.50 bits per heavy atom. The predicted octanol–water partition coefficient (Wildman–Crippen LogP) is 3.41. The molecule has 1 N–H and O–H groups in total. The van der Waals surface area contributed by atoms with Gasteiger partial charge in [0, 0.05) is 10.9 Å². The maximum atomic E-state index is 8.92. The lowest BCUT2D eigenvalue weighted by atomic mass is 10.1. The monoisotopic (exact) mass is 259 g/mol. The first-order valence-electron chi connectivity index (χ1n) is 6.09. The van der Waals surface area contributed by atoms with Crippen LogP contribution < -0.4 is 5.32 Å². The molecule has 4 heteroatoms. The third kappa shape index (κ3) is 2.85. The average molecular weight is 259 g/mol. The van der Waals surface area contributed by atoms with Crippen LogP contribution in [0, 0.1) is 24.2 Å². The molecule has 0 saturated heterocycles. The molecule has 1 heterocycles. The summed E-state index contributed by atoms with van der Waals surface area (Å²) in [4.78, 5) is 4.52. The van der Waals surface area contributed by atoms with E-state index in [1.54, 1.807) is 11.8 Å². The third-order valence-electron chi connectivity index (χ3n) is 3.03. The maximum Gasteiger partial charge on any atom is 0.161 e. The fraction of sp³-hybridized carbons (Fsp3) is 0.429. The fourth-order valence-electron chi connectivity index (χ4n) is 1.75. The van der Waals surface area contributed by atoms with Crippen molar-refractivity contribution in [2.75, 3.05) is 11.9 Å². The summed E-state index contributed by atoms with van der Waals surface area (Å²) < 4.78 is 0. The molecule has 0 amide bonds. The van der Waals surface area contributed by atoms with Crippen LogP contribution in [0.3, 0.4) is 0 Å². The van der Waals surface area contributed by atoms with Crippen molar-refractivity contribution < 1.29 is 0 Å². The highest BCUT2D eigenvalue weighted by molar-refractivity contribution is 8.15. The smallest absolute Gasteiger partial charge is 0.161 e. The van der Waals surface area contributed by atoms with Crippen molar-refractivity contribution in [3.05, 3.63) is 29.3 Å². The molecular weight excluding hydrogens is 242 g/mol. The van der Waals surface area contributed by atoms with Gasteiger partial charge >= 0.3 is 0 Å². The van der Waals surface area contributed by atoms with Gasteiger partial charge in [0.15, 0.2) is 5.17 Å². The predicted molar refractivity (Wildman–Crippen MR) is 78.0 cm³/mol. The Morgan fingerprint density at radius 3 is 2.89 bits per heavy atom. The van der Waals surface area contributed by atoms with Crippen LogP contribution in [-0.4, -0.2) is 17.0 Å². The number of nitrogens with one attached hydrogen (secondary N) is 1. The molecule has 0 saturated carbocycles. The third-order valence-corrected chi connectivity index (χ3v) is 4.48. The van der Waals surface area contributed by atoms with Crippen molar-refractivity contribution in [2.24, 2.45) is 10.9 Å². The Hall–Kier alpha value is -1.47. The van der Waals surface area contributed by atoms with Gasteiger partial charge in [0.1, 0.15) is 0 Å². The summed E-state index contributed by atoms with van der Waals surface area (Å²) in [5.41, 5.74) is 2.78. The minimum Gasteiger partial charge on any atom is -0.335 e. The molecule has 1 aliphatic rings. The van der Waals surface area contributed by atoms with E-state index in [9.17, 15) is 0 Å². The molecule has 1 atom stereocenters. The largest absolute Gasteiger partial charge is 0.335 e. The van der Waals surface area contributed by atoms with Crippen LogP contribution >= 0.6 is 11.8 Å². The Bertz CT molecular complexity index is 514. The van der Waals surface area contributed by atoms with Gasteiger partial charge < -0.3 is 5.32 Å². The standard InChI is InChI=1S/C14H17N3S/c1-9(2)13-8-16-14(18-13)17-12-6-11(7-15)5-4-10(12)3/h4-6,9,13H,8H2,1-3H3,(H,16,17). The summed E-state index contributed by atoms with van der Waals surface area (Å²) in [7, 11) is 0. The first-order chi connectivity index (χ1) is 8.60. The second-order valence-electron chi connectivity index (χ2n) is 4.81. The lowest BCUT2D eigenvalue weighted by Crippen LogP contribution is -2.13. The van der Waals surface area contributed by atoms with E-state index < -0.39 is 0 Å². The van der Waals surface area contributed by atoms with Gasteiger partial charge in [-0.15, -0.1) is 0 Å².